The molecule has 5 nitrogen and oxygen atoms in total. The van der Waals surface area contributed by atoms with E-state index in [0.29, 0.717) is 5.92 Å². The summed E-state index contributed by atoms with van der Waals surface area (Å²) >= 11 is -1.99. The number of hydrogen-bond acceptors (Lipinski definition) is 4. The summed E-state index contributed by atoms with van der Waals surface area (Å²) < 4.78 is 9.98. The van der Waals surface area contributed by atoms with Crippen molar-refractivity contribution in [2.24, 2.45) is 5.92 Å². The zero-order valence-electron chi connectivity index (χ0n) is 32.6. The fourth-order valence-corrected chi connectivity index (χ4v) is 10.7. The van der Waals surface area contributed by atoms with E-state index in [2.05, 4.69) is 144 Å². The molecule has 0 N–H and O–H groups in total. The summed E-state index contributed by atoms with van der Waals surface area (Å²) in [4.78, 5) is 14.1. The molecule has 0 aliphatic rings. The van der Waals surface area contributed by atoms with Crippen LogP contribution in [-0.2, 0) is 26.5 Å². The average Bonchev–Trinajstić information content (AvgIpc) is 3.78. The van der Waals surface area contributed by atoms with Crippen LogP contribution in [0.25, 0.3) is 72.4 Å². The number of benzene rings is 5. The second kappa shape index (κ2) is 16.5. The maximum atomic E-state index is 6.27. The second-order valence-electron chi connectivity index (χ2n) is 15.5. The predicted octanol–water partition coefficient (Wildman–Crippen LogP) is 12.1. The molecule has 281 valence electrons. The first-order valence-corrected chi connectivity index (χ1v) is 26.3. The van der Waals surface area contributed by atoms with Gasteiger partial charge in [-0.05, 0) is 35.4 Å². The Labute approximate surface area is 345 Å². The largest absolute Gasteiger partial charge is 0.333 e. The summed E-state index contributed by atoms with van der Waals surface area (Å²) in [5, 5.41) is 2.19. The summed E-state index contributed by atoms with van der Waals surface area (Å²) in [6.07, 6.45) is 5.04. The first kappa shape index (κ1) is 39.1. The maximum Gasteiger partial charge on any atom is 0.0774 e. The van der Waals surface area contributed by atoms with Gasteiger partial charge < -0.3 is 4.57 Å². The number of hydrogen-bond donors (Lipinski definition) is 0. The molecule has 0 bridgehead atoms. The van der Waals surface area contributed by atoms with Gasteiger partial charge in [0.25, 0.3) is 0 Å². The van der Waals surface area contributed by atoms with E-state index in [9.17, 15) is 0 Å². The predicted molar refractivity (Wildman–Crippen MR) is 231 cm³/mol. The molecule has 0 aliphatic heterocycles. The van der Waals surface area contributed by atoms with Crippen molar-refractivity contribution in [2.75, 3.05) is 0 Å². The molecule has 9 aromatic rings. The van der Waals surface area contributed by atoms with Gasteiger partial charge in [0, 0.05) is 25.8 Å². The van der Waals surface area contributed by atoms with Crippen LogP contribution in [0.3, 0.4) is 0 Å². The Bertz CT molecular complexity index is 2770. The van der Waals surface area contributed by atoms with Gasteiger partial charge in [-0.2, -0.15) is 0 Å². The van der Waals surface area contributed by atoms with Crippen LogP contribution in [0.1, 0.15) is 25.1 Å². The number of aromatic nitrogens is 4. The minimum Gasteiger partial charge on any atom is -0.333 e. The van der Waals surface area contributed by atoms with E-state index in [1.807, 2.05) is 55.6 Å². The SMILES string of the molecule is Cc1nccc2c1oc1c(-c3cc(CC(C)C)[c]([Ge]([CH3])([CH3])[CH3])cn3)[c-]ccc12.[Ir].[c-]1ccccc1-c1nc2ccccc2n1-c1cccc(-c2ccccc2)c1. The second-order valence-corrected chi connectivity index (χ2v) is 26.1. The summed E-state index contributed by atoms with van der Waals surface area (Å²) in [6.45, 7) is 6.54. The smallest absolute Gasteiger partial charge is 0.0774 e. The van der Waals surface area contributed by atoms with E-state index in [0.717, 1.165) is 73.4 Å². The van der Waals surface area contributed by atoms with E-state index >= 15 is 0 Å². The third-order valence-electron chi connectivity index (χ3n) is 9.93. The molecule has 9 rings (SSSR count). The van der Waals surface area contributed by atoms with Crippen LogP contribution in [0.5, 0.6) is 0 Å². The first-order chi connectivity index (χ1) is 26.7. The zero-order valence-corrected chi connectivity index (χ0v) is 37.1. The minimum absolute atomic E-state index is 0. The van der Waals surface area contributed by atoms with Crippen LogP contribution >= 0.6 is 0 Å². The molecule has 0 fully saturated rings. The summed E-state index contributed by atoms with van der Waals surface area (Å²) in [5.74, 6) is 8.81. The van der Waals surface area contributed by atoms with Crippen LogP contribution in [0.4, 0.5) is 0 Å². The first-order valence-electron chi connectivity index (χ1n) is 18.9. The number of furan rings is 1. The van der Waals surface area contributed by atoms with Crippen molar-refractivity contribution in [3.8, 4) is 39.5 Å². The Hall–Kier alpha value is -5.14. The number of imidazole rings is 1. The molecule has 0 atom stereocenters. The molecule has 5 aromatic carbocycles. The van der Waals surface area contributed by atoms with E-state index in [1.165, 1.54) is 21.1 Å². The molecule has 0 aliphatic carbocycles. The van der Waals surface area contributed by atoms with Crippen LogP contribution in [0, 0.1) is 25.0 Å². The van der Waals surface area contributed by atoms with Crippen LogP contribution in [-0.4, -0.2) is 32.8 Å². The molecule has 0 unspecified atom stereocenters. The van der Waals surface area contributed by atoms with Crippen molar-refractivity contribution in [1.82, 2.24) is 19.5 Å². The minimum atomic E-state index is -1.99. The topological polar surface area (TPSA) is 56.7 Å². The Balaban J connectivity index is 0.000000169. The molecular weight excluding hydrogens is 925 g/mol. The molecule has 1 radical (unpaired) electrons. The maximum absolute atomic E-state index is 6.27. The number of pyridine rings is 2. The molecular formula is C49H44GeIrN4O-2. The van der Waals surface area contributed by atoms with E-state index in [4.69, 9.17) is 14.4 Å². The fraction of sp³-hybridized carbons (Fsp3) is 0.163. The van der Waals surface area contributed by atoms with Gasteiger partial charge in [-0.15, -0.1) is 35.9 Å². The number of fused-ring (bicyclic) bond motifs is 4. The zero-order chi connectivity index (χ0) is 38.1. The van der Waals surface area contributed by atoms with Crippen LogP contribution in [0.15, 0.2) is 144 Å². The fourth-order valence-electron chi connectivity index (χ4n) is 7.36. The summed E-state index contributed by atoms with van der Waals surface area (Å²) in [6, 6.07) is 50.3. The molecule has 4 aromatic heterocycles. The molecule has 0 saturated heterocycles. The molecule has 0 amide bonds. The van der Waals surface area contributed by atoms with Gasteiger partial charge in [0.2, 0.25) is 0 Å². The van der Waals surface area contributed by atoms with Crippen molar-refractivity contribution in [2.45, 2.75) is 44.5 Å². The van der Waals surface area contributed by atoms with Crippen molar-refractivity contribution >= 4 is 50.6 Å². The molecule has 0 spiro atoms. The van der Waals surface area contributed by atoms with Crippen LogP contribution < -0.4 is 4.40 Å². The monoisotopic (exact) mass is 971 g/mol. The van der Waals surface area contributed by atoms with E-state index in [-0.39, 0.29) is 20.1 Å². The number of nitrogens with zero attached hydrogens (tertiary/aromatic N) is 4. The van der Waals surface area contributed by atoms with E-state index in [1.54, 1.807) is 0 Å². The van der Waals surface area contributed by atoms with Gasteiger partial charge >= 0.3 is 170 Å². The van der Waals surface area contributed by atoms with Crippen molar-refractivity contribution in [3.63, 3.8) is 0 Å². The Morgan fingerprint density at radius 3 is 2.25 bits per heavy atom. The third kappa shape index (κ3) is 7.92. The van der Waals surface area contributed by atoms with Gasteiger partial charge in [0.1, 0.15) is 0 Å². The van der Waals surface area contributed by atoms with Gasteiger partial charge in [-0.3, -0.25) is 4.98 Å². The van der Waals surface area contributed by atoms with Crippen molar-refractivity contribution in [1.29, 1.82) is 0 Å². The standard InChI is InChI=1S/C25H17N2.C24H27GeN2O.Ir/c1-3-10-19(11-4-1)21-14-9-15-22(18-21)27-24-17-8-7-16-23(24)26-25(27)20-12-5-2-6-13-20;1-15(2)12-17-13-22(27-14-21(17)25(4,5)6)20-9-7-8-18-19-10-11-26-16(3)23(19)28-24(18)20;/h1-12,14-18H;7-8,10-11,13-15H,12H2,1-6H3;/q2*-1;. The Kier molecular flexibility index (Phi) is 11.5. The third-order valence-corrected chi connectivity index (χ3v) is 14.3. The quantitative estimate of drug-likeness (QED) is 0.118. The molecule has 7 heteroatoms. The van der Waals surface area contributed by atoms with Gasteiger partial charge in [0.05, 0.1) is 16.9 Å². The number of aryl methyl sites for hydroxylation is 1. The van der Waals surface area contributed by atoms with Gasteiger partial charge in [-0.25, -0.2) is 0 Å². The number of para-hydroxylation sites is 2. The van der Waals surface area contributed by atoms with Crippen molar-refractivity contribution in [3.05, 3.63) is 163 Å². The van der Waals surface area contributed by atoms with E-state index < -0.39 is 13.3 Å². The van der Waals surface area contributed by atoms with Crippen molar-refractivity contribution < 1.29 is 24.5 Å². The van der Waals surface area contributed by atoms with Crippen LogP contribution in [0.2, 0.25) is 17.3 Å². The molecule has 4 heterocycles. The summed E-state index contributed by atoms with van der Waals surface area (Å²) in [7, 11) is 0. The molecule has 56 heavy (non-hydrogen) atoms. The van der Waals surface area contributed by atoms with Gasteiger partial charge in [-0.1, -0.05) is 54.6 Å². The summed E-state index contributed by atoms with van der Waals surface area (Å²) in [5.41, 5.74) is 12.5. The molecule has 0 saturated carbocycles. The average molecular weight is 970 g/mol. The number of rotatable bonds is 7. The van der Waals surface area contributed by atoms with Gasteiger partial charge in [0.15, 0.2) is 0 Å². The Morgan fingerprint density at radius 1 is 0.732 bits per heavy atom. The normalized spacial score (nSPS) is 11.5. The Morgan fingerprint density at radius 2 is 1.48 bits per heavy atom.